The molecule has 12 nitrogen and oxygen atoms in total. The van der Waals surface area contributed by atoms with Gasteiger partial charge in [0, 0.05) is 18.2 Å². The maximum atomic E-state index is 14.1. The molecule has 2 aromatic heterocycles. The molecule has 252 valence electrons. The van der Waals surface area contributed by atoms with E-state index in [-0.39, 0.29) is 28.7 Å². The topological polar surface area (TPSA) is 146 Å². The van der Waals surface area contributed by atoms with E-state index in [2.05, 4.69) is 20.2 Å². The molecule has 2 aromatic carbocycles. The van der Waals surface area contributed by atoms with Crippen LogP contribution in [-0.4, -0.2) is 66.0 Å². The smallest absolute Gasteiger partial charge is 0.407 e. The van der Waals surface area contributed by atoms with Gasteiger partial charge in [-0.2, -0.15) is 10.2 Å². The molecule has 0 bridgehead atoms. The number of carbonyl (C=O) groups excluding carboxylic acids is 2. The molecule has 1 aliphatic carbocycles. The molecule has 3 N–H and O–H groups in total. The number of carbonyl (C=O) groups is 2. The van der Waals surface area contributed by atoms with Gasteiger partial charge in [-0.1, -0.05) is 41.9 Å². The molecule has 5 atom stereocenters. The van der Waals surface area contributed by atoms with Crippen molar-refractivity contribution in [2.45, 2.75) is 63.1 Å². The Labute approximate surface area is 274 Å². The zero-order valence-electron chi connectivity index (χ0n) is 25.1. The van der Waals surface area contributed by atoms with Crippen LogP contribution in [0.5, 0.6) is 0 Å². The predicted octanol–water partition coefficient (Wildman–Crippen LogP) is 5.46. The number of ether oxygens (including phenoxy) is 1. The van der Waals surface area contributed by atoms with Gasteiger partial charge < -0.3 is 15.8 Å². The van der Waals surface area contributed by atoms with Gasteiger partial charge >= 0.3 is 6.09 Å². The summed E-state index contributed by atoms with van der Waals surface area (Å²) in [6, 6.07) is 8.33. The number of amides is 2. The highest BCUT2D eigenvalue weighted by Gasteiger charge is 2.67. The summed E-state index contributed by atoms with van der Waals surface area (Å²) in [6.45, 7) is 2.44. The van der Waals surface area contributed by atoms with E-state index in [1.54, 1.807) is 24.3 Å². The number of alkyl carbamates (subject to hydrolysis) is 1. The van der Waals surface area contributed by atoms with E-state index in [4.69, 9.17) is 22.1 Å². The molecule has 48 heavy (non-hydrogen) atoms. The number of nitrogens with two attached hydrogens (primary N) is 1. The number of benzene rings is 2. The first kappa shape index (κ1) is 32.9. The molecule has 4 aromatic rings. The van der Waals surface area contributed by atoms with E-state index in [1.807, 2.05) is 5.32 Å². The molecule has 1 aliphatic heterocycles. The summed E-state index contributed by atoms with van der Waals surface area (Å²) in [5.41, 5.74) is 6.88. The van der Waals surface area contributed by atoms with Crippen LogP contribution in [0.25, 0.3) is 16.8 Å². The van der Waals surface area contributed by atoms with Crippen molar-refractivity contribution in [2.75, 3.05) is 0 Å². The molecule has 18 heteroatoms. The summed E-state index contributed by atoms with van der Waals surface area (Å²) < 4.78 is 74.8. The highest BCUT2D eigenvalue weighted by atomic mass is 35.5. The largest absolute Gasteiger partial charge is 0.443 e. The molecular weight excluding hydrogens is 665 g/mol. The number of halogens is 6. The summed E-state index contributed by atoms with van der Waals surface area (Å²) in [7, 11) is 0. The number of aliphatic imine (C=N–C) groups is 1. The van der Waals surface area contributed by atoms with Crippen molar-refractivity contribution in [3.63, 3.8) is 0 Å². The third kappa shape index (κ3) is 5.82. The third-order valence-corrected chi connectivity index (χ3v) is 8.47. The van der Waals surface area contributed by atoms with Crippen LogP contribution in [0, 0.1) is 0 Å². The Morgan fingerprint density at radius 1 is 1.08 bits per heavy atom. The van der Waals surface area contributed by atoms with Crippen molar-refractivity contribution < 1.29 is 36.3 Å². The first-order valence-electron chi connectivity index (χ1n) is 14.5. The van der Waals surface area contributed by atoms with Crippen LogP contribution < -0.4 is 11.1 Å². The highest BCUT2D eigenvalue weighted by molar-refractivity contribution is 6.32. The lowest BCUT2D eigenvalue weighted by Gasteiger charge is -2.30. The normalized spacial score (nSPS) is 21.8. The van der Waals surface area contributed by atoms with Crippen LogP contribution >= 0.6 is 11.6 Å². The lowest BCUT2D eigenvalue weighted by Crippen LogP contribution is -2.48. The van der Waals surface area contributed by atoms with Crippen LogP contribution in [0.3, 0.4) is 0 Å². The van der Waals surface area contributed by atoms with Crippen molar-refractivity contribution in [2.24, 2.45) is 10.7 Å². The predicted molar refractivity (Wildman–Crippen MR) is 161 cm³/mol. The second kappa shape index (κ2) is 12.5. The maximum Gasteiger partial charge on any atom is 0.407 e. The molecule has 0 saturated heterocycles. The van der Waals surface area contributed by atoms with Crippen LogP contribution in [0.15, 0.2) is 66.2 Å². The number of hydrogen-bond donors (Lipinski definition) is 2. The van der Waals surface area contributed by atoms with Crippen molar-refractivity contribution in [3.8, 4) is 16.8 Å². The molecule has 1 unspecified atom stereocenters. The second-order valence-corrected chi connectivity index (χ2v) is 11.7. The average Bonchev–Trinajstić information content (AvgIpc) is 3.44. The van der Waals surface area contributed by atoms with Crippen LogP contribution in [0.1, 0.15) is 56.0 Å². The van der Waals surface area contributed by atoms with Crippen molar-refractivity contribution in [1.29, 1.82) is 0 Å². The lowest BCUT2D eigenvalue weighted by molar-refractivity contribution is -0.130. The maximum absolute atomic E-state index is 14.1. The standard InChI is InChI=1S/C30H27ClF5N9O3/c1-14(24(33)34)41-29(47)48-22-10-30(22,19-7-8-20(31)21(9-19)45-26(25(35)36)38-13-40-45)44-27(46)23(42-28(44)37)17-5-3-16(4-6-17)18-11-39-43(12-18)15(2)32/h3-9,11-15,22-25H,10H2,1-2H3,(H2,37,42)(H,41,47)/t14-,15?,22+,23-,30-/m1/s1. The van der Waals surface area contributed by atoms with Gasteiger partial charge in [-0.05, 0) is 42.7 Å². The number of guanidine groups is 1. The average molecular weight is 692 g/mol. The monoisotopic (exact) mass is 691 g/mol. The summed E-state index contributed by atoms with van der Waals surface area (Å²) in [5.74, 6) is -1.52. The fourth-order valence-corrected chi connectivity index (χ4v) is 5.81. The molecule has 0 radical (unpaired) electrons. The van der Waals surface area contributed by atoms with Gasteiger partial charge in [0.05, 0.1) is 22.9 Å². The molecule has 2 aliphatic rings. The lowest BCUT2D eigenvalue weighted by atomic mass is 9.99. The van der Waals surface area contributed by atoms with Crippen molar-refractivity contribution in [3.05, 3.63) is 83.2 Å². The van der Waals surface area contributed by atoms with Crippen molar-refractivity contribution >= 4 is 29.6 Å². The van der Waals surface area contributed by atoms with E-state index in [9.17, 15) is 31.5 Å². The molecule has 1 saturated carbocycles. The molecule has 2 amide bonds. The second-order valence-electron chi connectivity index (χ2n) is 11.3. The van der Waals surface area contributed by atoms with Gasteiger partial charge in [-0.25, -0.2) is 46.1 Å². The molecule has 1 fully saturated rings. The Morgan fingerprint density at radius 2 is 1.81 bits per heavy atom. The Bertz CT molecular complexity index is 1880. The van der Waals surface area contributed by atoms with Gasteiger partial charge in [0.2, 0.25) is 0 Å². The summed E-state index contributed by atoms with van der Waals surface area (Å²) in [4.78, 5) is 35.9. The molecule has 0 spiro atoms. The minimum atomic E-state index is -3.00. The fourth-order valence-electron chi connectivity index (χ4n) is 5.61. The highest BCUT2D eigenvalue weighted by Crippen LogP contribution is 2.56. The first-order chi connectivity index (χ1) is 22.8. The van der Waals surface area contributed by atoms with Gasteiger partial charge in [0.25, 0.3) is 18.8 Å². The zero-order valence-corrected chi connectivity index (χ0v) is 25.9. The fraction of sp³-hybridized carbons (Fsp3) is 0.333. The van der Waals surface area contributed by atoms with Crippen LogP contribution in [0.2, 0.25) is 5.02 Å². The number of alkyl halides is 5. The SMILES string of the molecule is CC(F)n1cc(-c2ccc([C@H]3N=C(N)N([C@@]4(c5ccc(Cl)c(-n6ncnc6C(F)F)c5)C[C@@H]4OC(=O)N[C@H](C)C(F)F)C3=O)cc2)cn1. The minimum absolute atomic E-state index is 0.0115. The molecule has 3 heterocycles. The van der Waals surface area contributed by atoms with E-state index in [0.717, 1.165) is 27.5 Å². The number of aromatic nitrogens is 5. The number of hydrogen-bond acceptors (Lipinski definition) is 8. The van der Waals surface area contributed by atoms with Gasteiger partial charge in [0.1, 0.15) is 18.0 Å². The third-order valence-electron chi connectivity index (χ3n) is 8.15. The van der Waals surface area contributed by atoms with E-state index in [1.165, 1.54) is 37.5 Å². The van der Waals surface area contributed by atoms with Gasteiger partial charge in [0.15, 0.2) is 24.1 Å². The van der Waals surface area contributed by atoms with E-state index < -0.39 is 60.7 Å². The Morgan fingerprint density at radius 3 is 2.46 bits per heavy atom. The number of nitrogens with one attached hydrogen (secondary N) is 1. The zero-order chi connectivity index (χ0) is 34.5. The summed E-state index contributed by atoms with van der Waals surface area (Å²) >= 11 is 6.38. The number of nitrogens with zero attached hydrogens (tertiary/aromatic N) is 7. The van der Waals surface area contributed by atoms with E-state index >= 15 is 0 Å². The molecule has 6 rings (SSSR count). The Hall–Kier alpha value is -5.06. The molecular formula is C30H27ClF5N9O3. The van der Waals surface area contributed by atoms with E-state index in [0.29, 0.717) is 16.7 Å². The van der Waals surface area contributed by atoms with Crippen LogP contribution in [-0.2, 0) is 15.1 Å². The minimum Gasteiger partial charge on any atom is -0.443 e. The van der Waals surface area contributed by atoms with Gasteiger partial charge in [-0.3, -0.25) is 9.69 Å². The quantitative estimate of drug-likeness (QED) is 0.210. The number of rotatable bonds is 10. The Kier molecular flexibility index (Phi) is 8.57. The summed E-state index contributed by atoms with van der Waals surface area (Å²) in [6.07, 6.45) is -5.56. The van der Waals surface area contributed by atoms with Crippen LogP contribution in [0.4, 0.5) is 26.7 Å². The summed E-state index contributed by atoms with van der Waals surface area (Å²) in [5, 5.41) is 9.92. The van der Waals surface area contributed by atoms with Crippen molar-refractivity contribution in [1.82, 2.24) is 34.8 Å². The Balaban J connectivity index is 1.34. The first-order valence-corrected chi connectivity index (χ1v) is 14.9. The van der Waals surface area contributed by atoms with Gasteiger partial charge in [-0.15, -0.1) is 0 Å².